The number of rotatable bonds is 5. The molecule has 1 saturated carbocycles. The summed E-state index contributed by atoms with van der Waals surface area (Å²) in [5.74, 6) is -3.43. The summed E-state index contributed by atoms with van der Waals surface area (Å²) in [4.78, 5) is -0.363. The molecule has 0 atom stereocenters. The molecule has 21 heavy (non-hydrogen) atoms. The number of anilines is 1. The van der Waals surface area contributed by atoms with Crippen molar-refractivity contribution in [3.05, 3.63) is 24.3 Å². The van der Waals surface area contributed by atoms with Crippen molar-refractivity contribution in [2.45, 2.75) is 48.3 Å². The molecule has 7 heteroatoms. The molecule has 1 aromatic carbocycles. The minimum Gasteiger partial charge on any atom is -0.377 e. The Morgan fingerprint density at radius 3 is 2.38 bits per heavy atom. The Hall–Kier alpha value is -1.21. The van der Waals surface area contributed by atoms with Gasteiger partial charge in [0.25, 0.3) is 0 Å². The molecule has 1 aliphatic carbocycles. The number of nitrogens with one attached hydrogen (secondary N) is 1. The molecule has 0 amide bonds. The highest BCUT2D eigenvalue weighted by atomic mass is 32.2. The standard InChI is InChI=1S/C14H20F2N2O2S/c15-13(16)21(19,20)12-7-3-2-6-11(12)18-14(10-17)8-4-1-5-9-14/h2-3,6-7,13,18H,1,4-5,8-10,17H2. The van der Waals surface area contributed by atoms with Gasteiger partial charge in [-0.05, 0) is 25.0 Å². The Labute approximate surface area is 123 Å². The number of para-hydroxylation sites is 1. The molecule has 0 aromatic heterocycles. The first-order valence-corrected chi connectivity index (χ1v) is 8.55. The molecule has 3 N–H and O–H groups in total. The Kier molecular flexibility index (Phi) is 4.83. The van der Waals surface area contributed by atoms with Crippen LogP contribution in [0.1, 0.15) is 32.1 Å². The second-order valence-electron chi connectivity index (χ2n) is 5.47. The first kappa shape index (κ1) is 16.2. The molecule has 0 spiro atoms. The van der Waals surface area contributed by atoms with Crippen molar-refractivity contribution in [1.29, 1.82) is 0 Å². The van der Waals surface area contributed by atoms with Gasteiger partial charge in [0.1, 0.15) is 0 Å². The molecule has 0 radical (unpaired) electrons. The minimum absolute atomic E-state index is 0.213. The monoisotopic (exact) mass is 318 g/mol. The largest absolute Gasteiger partial charge is 0.377 e. The van der Waals surface area contributed by atoms with Crippen LogP contribution in [0.25, 0.3) is 0 Å². The van der Waals surface area contributed by atoms with Crippen LogP contribution in [-0.2, 0) is 9.84 Å². The van der Waals surface area contributed by atoms with E-state index in [4.69, 9.17) is 5.73 Å². The first-order chi connectivity index (χ1) is 9.91. The number of benzene rings is 1. The predicted octanol–water partition coefficient (Wildman–Crippen LogP) is 2.76. The molecular weight excluding hydrogens is 298 g/mol. The smallest absolute Gasteiger partial charge is 0.341 e. The van der Waals surface area contributed by atoms with Crippen LogP contribution in [0.15, 0.2) is 29.2 Å². The summed E-state index contributed by atoms with van der Waals surface area (Å²) >= 11 is 0. The molecule has 1 aliphatic rings. The van der Waals surface area contributed by atoms with Crippen molar-refractivity contribution in [3.8, 4) is 0 Å². The fourth-order valence-corrected chi connectivity index (χ4v) is 3.69. The number of halogens is 2. The average Bonchev–Trinajstić information content (AvgIpc) is 2.48. The summed E-state index contributed by atoms with van der Waals surface area (Å²) in [6, 6.07) is 5.79. The van der Waals surface area contributed by atoms with Gasteiger partial charge in [0.2, 0.25) is 9.84 Å². The van der Waals surface area contributed by atoms with Crippen LogP contribution in [0.2, 0.25) is 0 Å². The van der Waals surface area contributed by atoms with Crippen LogP contribution in [0, 0.1) is 0 Å². The summed E-state index contributed by atoms with van der Waals surface area (Å²) in [7, 11) is -4.63. The second kappa shape index (κ2) is 6.27. The molecule has 0 saturated heterocycles. The summed E-state index contributed by atoms with van der Waals surface area (Å²) < 4.78 is 49.1. The lowest BCUT2D eigenvalue weighted by Crippen LogP contribution is -2.47. The van der Waals surface area contributed by atoms with Crippen molar-refractivity contribution in [2.24, 2.45) is 5.73 Å². The maximum atomic E-state index is 12.8. The Bertz CT molecular complexity index is 584. The van der Waals surface area contributed by atoms with Crippen LogP contribution in [0.5, 0.6) is 0 Å². The maximum absolute atomic E-state index is 12.8. The molecule has 0 heterocycles. The van der Waals surface area contributed by atoms with Gasteiger partial charge in [-0.3, -0.25) is 0 Å². The van der Waals surface area contributed by atoms with E-state index in [-0.39, 0.29) is 10.6 Å². The number of hydrogen-bond acceptors (Lipinski definition) is 4. The summed E-state index contributed by atoms with van der Waals surface area (Å²) in [6.45, 7) is 0.343. The van der Waals surface area contributed by atoms with Gasteiger partial charge >= 0.3 is 5.76 Å². The van der Waals surface area contributed by atoms with E-state index < -0.39 is 21.1 Å². The number of sulfone groups is 1. The van der Waals surface area contributed by atoms with Crippen molar-refractivity contribution < 1.29 is 17.2 Å². The van der Waals surface area contributed by atoms with E-state index in [2.05, 4.69) is 5.32 Å². The molecule has 4 nitrogen and oxygen atoms in total. The quantitative estimate of drug-likeness (QED) is 0.875. The lowest BCUT2D eigenvalue weighted by molar-refractivity contribution is 0.234. The van der Waals surface area contributed by atoms with Crippen molar-refractivity contribution in [3.63, 3.8) is 0 Å². The highest BCUT2D eigenvalue weighted by molar-refractivity contribution is 7.91. The van der Waals surface area contributed by atoms with E-state index >= 15 is 0 Å². The lowest BCUT2D eigenvalue weighted by Gasteiger charge is -2.38. The normalized spacial score (nSPS) is 18.7. The molecule has 0 unspecified atom stereocenters. The van der Waals surface area contributed by atoms with Crippen LogP contribution < -0.4 is 11.1 Å². The molecule has 1 fully saturated rings. The van der Waals surface area contributed by atoms with Crippen molar-refractivity contribution in [2.75, 3.05) is 11.9 Å². The zero-order valence-electron chi connectivity index (χ0n) is 11.7. The molecule has 0 aliphatic heterocycles. The summed E-state index contributed by atoms with van der Waals surface area (Å²) in [5, 5.41) is 3.14. The van der Waals surface area contributed by atoms with E-state index in [9.17, 15) is 17.2 Å². The molecular formula is C14H20F2N2O2S. The third kappa shape index (κ3) is 3.35. The zero-order chi connectivity index (χ0) is 15.5. The number of alkyl halides is 2. The van der Waals surface area contributed by atoms with Crippen LogP contribution >= 0.6 is 0 Å². The molecule has 118 valence electrons. The molecule has 0 bridgehead atoms. The van der Waals surface area contributed by atoms with E-state index in [0.717, 1.165) is 32.1 Å². The van der Waals surface area contributed by atoms with E-state index in [1.54, 1.807) is 6.07 Å². The van der Waals surface area contributed by atoms with E-state index in [0.29, 0.717) is 6.54 Å². The van der Waals surface area contributed by atoms with Gasteiger partial charge in [-0.25, -0.2) is 8.42 Å². The Morgan fingerprint density at radius 2 is 1.81 bits per heavy atom. The summed E-state index contributed by atoms with van der Waals surface area (Å²) in [5.41, 5.74) is 5.65. The minimum atomic E-state index is -4.63. The third-order valence-electron chi connectivity index (χ3n) is 4.03. The van der Waals surface area contributed by atoms with Crippen molar-refractivity contribution in [1.82, 2.24) is 0 Å². The predicted molar refractivity (Wildman–Crippen MR) is 78.1 cm³/mol. The van der Waals surface area contributed by atoms with Gasteiger partial charge in [-0.2, -0.15) is 8.78 Å². The molecule has 1 aromatic rings. The second-order valence-corrected chi connectivity index (χ2v) is 7.36. The first-order valence-electron chi connectivity index (χ1n) is 7.01. The van der Waals surface area contributed by atoms with E-state index in [1.165, 1.54) is 18.2 Å². The third-order valence-corrected chi connectivity index (χ3v) is 5.47. The topological polar surface area (TPSA) is 72.2 Å². The zero-order valence-corrected chi connectivity index (χ0v) is 12.5. The highest BCUT2D eigenvalue weighted by Gasteiger charge is 2.34. The molecule has 2 rings (SSSR count). The average molecular weight is 318 g/mol. The van der Waals surface area contributed by atoms with Gasteiger partial charge < -0.3 is 11.1 Å². The Balaban J connectivity index is 2.37. The van der Waals surface area contributed by atoms with Crippen molar-refractivity contribution >= 4 is 15.5 Å². The van der Waals surface area contributed by atoms with Gasteiger partial charge in [-0.1, -0.05) is 31.4 Å². The fourth-order valence-electron chi connectivity index (χ4n) is 2.81. The van der Waals surface area contributed by atoms with Gasteiger partial charge in [0, 0.05) is 12.1 Å². The number of nitrogens with two attached hydrogens (primary N) is 1. The van der Waals surface area contributed by atoms with Crippen LogP contribution in [0.3, 0.4) is 0 Å². The van der Waals surface area contributed by atoms with Gasteiger partial charge in [0.15, 0.2) is 0 Å². The van der Waals surface area contributed by atoms with Crippen LogP contribution in [0.4, 0.5) is 14.5 Å². The van der Waals surface area contributed by atoms with Gasteiger partial charge in [-0.15, -0.1) is 0 Å². The van der Waals surface area contributed by atoms with Gasteiger partial charge in [0.05, 0.1) is 10.6 Å². The Morgan fingerprint density at radius 1 is 1.19 bits per heavy atom. The SMILES string of the molecule is NCC1(Nc2ccccc2S(=O)(=O)C(F)F)CCCCC1. The lowest BCUT2D eigenvalue weighted by atomic mass is 9.81. The van der Waals surface area contributed by atoms with E-state index in [1.807, 2.05) is 0 Å². The fraction of sp³-hybridized carbons (Fsp3) is 0.571. The number of hydrogen-bond donors (Lipinski definition) is 2. The summed E-state index contributed by atoms with van der Waals surface area (Å²) in [6.07, 6.45) is 4.72. The maximum Gasteiger partial charge on any atom is 0.341 e. The highest BCUT2D eigenvalue weighted by Crippen LogP contribution is 2.34. The van der Waals surface area contributed by atoms with Crippen LogP contribution in [-0.4, -0.2) is 26.3 Å².